The summed E-state index contributed by atoms with van der Waals surface area (Å²) in [6.45, 7) is 0.173. The number of nitrogens with zero attached hydrogens (tertiary/aromatic N) is 2. The van der Waals surface area contributed by atoms with E-state index in [-0.39, 0.29) is 18.2 Å². The molecule has 36 heavy (non-hydrogen) atoms. The Morgan fingerprint density at radius 1 is 1.00 bits per heavy atom. The second-order valence-corrected chi connectivity index (χ2v) is 8.29. The Kier molecular flexibility index (Phi) is 8.08. The van der Waals surface area contributed by atoms with Gasteiger partial charge in [0.25, 0.3) is 11.8 Å². The van der Waals surface area contributed by atoms with Gasteiger partial charge in [-0.2, -0.15) is 5.10 Å². The third-order valence-electron chi connectivity index (χ3n) is 5.61. The van der Waals surface area contributed by atoms with Crippen molar-refractivity contribution >= 4 is 17.5 Å². The topological polar surface area (TPSA) is 87.3 Å². The largest absolute Gasteiger partial charge is 0.483 e. The average molecular weight is 487 g/mol. The second-order valence-electron chi connectivity index (χ2n) is 8.29. The molecule has 0 unspecified atom stereocenters. The molecule has 184 valence electrons. The number of aromatic nitrogens is 2. The Bertz CT molecular complexity index is 1320. The maximum atomic E-state index is 13.8. The lowest BCUT2D eigenvalue weighted by molar-refractivity contribution is -0.118. The first-order chi connectivity index (χ1) is 17.5. The van der Waals surface area contributed by atoms with Crippen LogP contribution in [0, 0.1) is 5.82 Å². The number of rotatable bonds is 10. The van der Waals surface area contributed by atoms with E-state index in [1.165, 1.54) is 18.2 Å². The Balaban J connectivity index is 1.29. The third kappa shape index (κ3) is 6.35. The molecule has 4 aromatic rings. The zero-order valence-corrected chi connectivity index (χ0v) is 19.9. The number of carbonyl (C=O) groups excluding carboxylic acids is 2. The van der Waals surface area contributed by atoms with Crippen LogP contribution in [0.4, 0.5) is 10.1 Å². The van der Waals surface area contributed by atoms with Gasteiger partial charge in [-0.3, -0.25) is 14.7 Å². The molecule has 0 saturated heterocycles. The Hall–Kier alpha value is -4.46. The summed E-state index contributed by atoms with van der Waals surface area (Å²) in [5, 5.41) is 9.90. The summed E-state index contributed by atoms with van der Waals surface area (Å²) in [6.07, 6.45) is 1.48. The van der Waals surface area contributed by atoms with E-state index in [0.717, 1.165) is 29.8 Å². The van der Waals surface area contributed by atoms with Crippen LogP contribution >= 0.6 is 0 Å². The molecule has 8 heteroatoms. The molecule has 0 saturated carbocycles. The second kappa shape index (κ2) is 11.8. The van der Waals surface area contributed by atoms with E-state index in [9.17, 15) is 14.0 Å². The van der Waals surface area contributed by atoms with Crippen molar-refractivity contribution in [2.45, 2.75) is 12.8 Å². The SMILES string of the molecule is CN(CCCc1cc(-c2ccccc2)n[nH]1)C(=O)c1ccccc1OCC(=O)Nc1ccccc1F. The Labute approximate surface area is 208 Å². The van der Waals surface area contributed by atoms with Gasteiger partial charge in [0, 0.05) is 24.8 Å². The van der Waals surface area contributed by atoms with Crippen molar-refractivity contribution in [3.8, 4) is 17.0 Å². The Morgan fingerprint density at radius 3 is 2.53 bits per heavy atom. The summed E-state index contributed by atoms with van der Waals surface area (Å²) in [5.41, 5.74) is 3.36. The van der Waals surface area contributed by atoms with E-state index in [4.69, 9.17) is 4.74 Å². The number of anilines is 1. The van der Waals surface area contributed by atoms with E-state index in [0.29, 0.717) is 17.9 Å². The highest BCUT2D eigenvalue weighted by atomic mass is 19.1. The molecule has 0 bridgehead atoms. The molecule has 0 aliphatic heterocycles. The van der Waals surface area contributed by atoms with Crippen molar-refractivity contribution in [3.63, 3.8) is 0 Å². The lowest BCUT2D eigenvalue weighted by Gasteiger charge is -2.19. The number of para-hydroxylation sites is 2. The molecule has 1 heterocycles. The number of carbonyl (C=O) groups is 2. The third-order valence-corrected chi connectivity index (χ3v) is 5.61. The summed E-state index contributed by atoms with van der Waals surface area (Å²) in [5.74, 6) is -0.978. The van der Waals surface area contributed by atoms with Crippen molar-refractivity contribution in [3.05, 3.63) is 102 Å². The number of amides is 2. The van der Waals surface area contributed by atoms with Crippen LogP contribution in [0.25, 0.3) is 11.3 Å². The highest BCUT2D eigenvalue weighted by Crippen LogP contribution is 2.21. The number of nitrogens with one attached hydrogen (secondary N) is 2. The summed E-state index contributed by atoms with van der Waals surface area (Å²) in [6, 6.07) is 24.6. The maximum Gasteiger partial charge on any atom is 0.262 e. The van der Waals surface area contributed by atoms with Crippen molar-refractivity contribution in [2.24, 2.45) is 0 Å². The van der Waals surface area contributed by atoms with E-state index < -0.39 is 11.7 Å². The first-order valence-corrected chi connectivity index (χ1v) is 11.6. The first-order valence-electron chi connectivity index (χ1n) is 11.6. The van der Waals surface area contributed by atoms with Gasteiger partial charge in [-0.25, -0.2) is 4.39 Å². The molecule has 4 rings (SSSR count). The van der Waals surface area contributed by atoms with Gasteiger partial charge in [-0.1, -0.05) is 54.6 Å². The minimum atomic E-state index is -0.533. The van der Waals surface area contributed by atoms with Crippen molar-refractivity contribution in [1.29, 1.82) is 0 Å². The van der Waals surface area contributed by atoms with E-state index in [1.807, 2.05) is 36.4 Å². The molecule has 0 atom stereocenters. The minimum Gasteiger partial charge on any atom is -0.483 e. The molecular weight excluding hydrogens is 459 g/mol. The van der Waals surface area contributed by atoms with Crippen LogP contribution in [0.2, 0.25) is 0 Å². The van der Waals surface area contributed by atoms with Crippen LogP contribution in [-0.2, 0) is 11.2 Å². The number of H-pyrrole nitrogens is 1. The first kappa shape index (κ1) is 24.7. The monoisotopic (exact) mass is 486 g/mol. The van der Waals surface area contributed by atoms with Crippen LogP contribution in [0.15, 0.2) is 84.9 Å². The number of aryl methyl sites for hydroxylation is 1. The molecule has 1 aromatic heterocycles. The molecule has 0 aliphatic rings. The van der Waals surface area contributed by atoms with E-state index >= 15 is 0 Å². The highest BCUT2D eigenvalue weighted by Gasteiger charge is 2.17. The van der Waals surface area contributed by atoms with Crippen LogP contribution in [0.1, 0.15) is 22.5 Å². The molecule has 7 nitrogen and oxygen atoms in total. The predicted octanol–water partition coefficient (Wildman–Crippen LogP) is 4.94. The van der Waals surface area contributed by atoms with Crippen LogP contribution in [0.5, 0.6) is 5.75 Å². The van der Waals surface area contributed by atoms with Gasteiger partial charge in [0.05, 0.1) is 16.9 Å². The fraction of sp³-hybridized carbons (Fsp3) is 0.179. The number of ether oxygens (including phenoxy) is 1. The summed E-state index contributed by atoms with van der Waals surface area (Å²) >= 11 is 0. The molecule has 0 spiro atoms. The van der Waals surface area contributed by atoms with Crippen molar-refractivity contribution in [1.82, 2.24) is 15.1 Å². The van der Waals surface area contributed by atoms with Gasteiger partial charge in [0.15, 0.2) is 6.61 Å². The fourth-order valence-corrected chi connectivity index (χ4v) is 3.72. The number of hydrogen-bond acceptors (Lipinski definition) is 4. The number of aromatic amines is 1. The highest BCUT2D eigenvalue weighted by molar-refractivity contribution is 5.97. The van der Waals surface area contributed by atoms with Gasteiger partial charge in [0.2, 0.25) is 0 Å². The van der Waals surface area contributed by atoms with E-state index in [1.54, 1.807) is 42.3 Å². The molecule has 0 fully saturated rings. The number of benzene rings is 3. The number of hydrogen-bond donors (Lipinski definition) is 2. The smallest absolute Gasteiger partial charge is 0.262 e. The molecule has 2 N–H and O–H groups in total. The molecule has 2 amide bonds. The zero-order chi connectivity index (χ0) is 25.3. The zero-order valence-electron chi connectivity index (χ0n) is 19.9. The Morgan fingerprint density at radius 2 is 1.72 bits per heavy atom. The average Bonchev–Trinajstić information content (AvgIpc) is 3.38. The van der Waals surface area contributed by atoms with Crippen molar-refractivity contribution in [2.75, 3.05) is 25.5 Å². The normalized spacial score (nSPS) is 10.6. The quantitative estimate of drug-likeness (QED) is 0.333. The maximum absolute atomic E-state index is 13.8. The van der Waals surface area contributed by atoms with Crippen molar-refractivity contribution < 1.29 is 18.7 Å². The van der Waals surface area contributed by atoms with Crippen LogP contribution in [0.3, 0.4) is 0 Å². The van der Waals surface area contributed by atoms with Gasteiger partial charge < -0.3 is 15.0 Å². The van der Waals surface area contributed by atoms with Gasteiger partial charge in [-0.05, 0) is 43.2 Å². The standard InChI is InChI=1S/C28H27FN4O3/c1-33(17-9-12-21-18-25(32-31-21)20-10-3-2-4-11-20)28(35)22-13-5-8-16-26(22)36-19-27(34)30-24-15-7-6-14-23(24)29/h2-8,10-11,13-16,18H,9,12,17,19H2,1H3,(H,30,34)(H,31,32). The molecule has 0 aliphatic carbocycles. The summed E-state index contributed by atoms with van der Waals surface area (Å²) < 4.78 is 19.4. The molecule has 3 aromatic carbocycles. The summed E-state index contributed by atoms with van der Waals surface area (Å²) in [7, 11) is 1.73. The van der Waals surface area contributed by atoms with E-state index in [2.05, 4.69) is 15.5 Å². The lowest BCUT2D eigenvalue weighted by atomic mass is 10.1. The van der Waals surface area contributed by atoms with Gasteiger partial charge >= 0.3 is 0 Å². The predicted molar refractivity (Wildman–Crippen MR) is 136 cm³/mol. The van der Waals surface area contributed by atoms with Crippen LogP contribution in [-0.4, -0.2) is 47.1 Å². The number of halogens is 1. The minimum absolute atomic E-state index is 0.0725. The van der Waals surface area contributed by atoms with Gasteiger partial charge in [-0.15, -0.1) is 0 Å². The molecule has 0 radical (unpaired) electrons. The molecular formula is C28H27FN4O3. The summed E-state index contributed by atoms with van der Waals surface area (Å²) in [4.78, 5) is 26.9. The fourth-order valence-electron chi connectivity index (χ4n) is 3.72. The van der Waals surface area contributed by atoms with Gasteiger partial charge in [0.1, 0.15) is 11.6 Å². The van der Waals surface area contributed by atoms with Crippen LogP contribution < -0.4 is 10.1 Å². The lowest BCUT2D eigenvalue weighted by Crippen LogP contribution is -2.29.